The Balaban J connectivity index is 2.17. The van der Waals surface area contributed by atoms with Crippen molar-refractivity contribution in [1.29, 1.82) is 0 Å². The number of rotatable bonds is 6. The van der Waals surface area contributed by atoms with Crippen LogP contribution in [0.3, 0.4) is 0 Å². The molecule has 4 amide bonds. The Bertz CT molecular complexity index is 760. The van der Waals surface area contributed by atoms with E-state index in [2.05, 4.69) is 4.74 Å². The van der Waals surface area contributed by atoms with Crippen molar-refractivity contribution in [3.05, 3.63) is 35.4 Å². The van der Waals surface area contributed by atoms with Crippen LogP contribution in [0.5, 0.6) is 0 Å². The fourth-order valence-electron chi connectivity index (χ4n) is 2.46. The zero-order chi connectivity index (χ0) is 20.1. The van der Waals surface area contributed by atoms with Crippen molar-refractivity contribution >= 4 is 41.5 Å². The molecule has 0 aromatic heterocycles. The first-order chi connectivity index (χ1) is 12.8. The van der Waals surface area contributed by atoms with Crippen LogP contribution in [0.4, 0.5) is 4.79 Å². The van der Waals surface area contributed by atoms with Crippen molar-refractivity contribution in [1.82, 2.24) is 10.2 Å². The molecule has 1 N–H and O–H groups in total. The molecule has 2 rings (SSSR count). The van der Waals surface area contributed by atoms with E-state index >= 15 is 0 Å². The Labute approximate surface area is 159 Å². The Morgan fingerprint density at radius 3 is 2.19 bits per heavy atom. The van der Waals surface area contributed by atoms with Crippen LogP contribution in [-0.4, -0.2) is 65.9 Å². The molecule has 0 saturated heterocycles. The van der Waals surface area contributed by atoms with Crippen LogP contribution < -0.4 is 5.32 Å². The van der Waals surface area contributed by atoms with Gasteiger partial charge in [0.15, 0.2) is 6.10 Å². The average Bonchev–Trinajstić information content (AvgIpc) is 2.90. The molecule has 10 heteroatoms. The van der Waals surface area contributed by atoms with Crippen LogP contribution >= 0.6 is 11.8 Å². The second-order valence-electron chi connectivity index (χ2n) is 5.56. The summed E-state index contributed by atoms with van der Waals surface area (Å²) in [5.41, 5.74) is 0.413. The smallest absolute Gasteiger partial charge is 0.413 e. The van der Waals surface area contributed by atoms with Gasteiger partial charge in [-0.2, -0.15) is 11.8 Å². The predicted octanol–water partition coefficient (Wildman–Crippen LogP) is 0.828. The predicted molar refractivity (Wildman–Crippen MR) is 95.2 cm³/mol. The number of fused-ring (bicyclic) bond motifs is 1. The zero-order valence-corrected chi connectivity index (χ0v) is 15.7. The van der Waals surface area contributed by atoms with Gasteiger partial charge in [0.2, 0.25) is 0 Å². The molecule has 1 heterocycles. The number of carbonyl (C=O) groups excluding carboxylic acids is 5. The fourth-order valence-corrected chi connectivity index (χ4v) is 3.06. The van der Waals surface area contributed by atoms with Crippen LogP contribution in [-0.2, 0) is 19.1 Å². The van der Waals surface area contributed by atoms with Crippen LogP contribution in [0.15, 0.2) is 24.3 Å². The average molecular weight is 394 g/mol. The van der Waals surface area contributed by atoms with E-state index in [1.54, 1.807) is 18.4 Å². The number of benzene rings is 1. The lowest BCUT2D eigenvalue weighted by molar-refractivity contribution is -0.157. The van der Waals surface area contributed by atoms with Crippen LogP contribution in [0.25, 0.3) is 0 Å². The Kier molecular flexibility index (Phi) is 6.56. The van der Waals surface area contributed by atoms with Crippen LogP contribution in [0.2, 0.25) is 0 Å². The quantitative estimate of drug-likeness (QED) is 0.557. The minimum atomic E-state index is -1.32. The molecular formula is C17H18N2O7S. The molecule has 0 radical (unpaired) electrons. The number of imide groups is 2. The standard InChI is InChI=1S/C17H18N2O7S/c1-9(13(20)18-17(24)25-2)26-16(23)12(8-27-3)19-14(21)10-6-4-5-7-11(10)15(19)22/h4-7,9,12H,8H2,1-3H3,(H,18,20,24)/t9-,12+/m1/s1. The Morgan fingerprint density at radius 1 is 1.15 bits per heavy atom. The molecule has 1 aromatic rings. The van der Waals surface area contributed by atoms with E-state index < -0.39 is 41.9 Å². The number of hydrogen-bond donors (Lipinski definition) is 1. The molecule has 0 spiro atoms. The van der Waals surface area contributed by atoms with E-state index in [1.165, 1.54) is 30.8 Å². The SMILES string of the molecule is COC(=O)NC(=O)[C@@H](C)OC(=O)[C@H](CSC)N1C(=O)c2ccccc2C1=O. The second-order valence-corrected chi connectivity index (χ2v) is 6.47. The highest BCUT2D eigenvalue weighted by Gasteiger charge is 2.43. The summed E-state index contributed by atoms with van der Waals surface area (Å²) in [6, 6.07) is 5.04. The van der Waals surface area contributed by atoms with Gasteiger partial charge in [0, 0.05) is 5.75 Å². The lowest BCUT2D eigenvalue weighted by Gasteiger charge is -2.25. The molecule has 0 saturated carbocycles. The number of ether oxygens (including phenoxy) is 2. The van der Waals surface area contributed by atoms with Gasteiger partial charge in [-0.15, -0.1) is 0 Å². The first-order valence-electron chi connectivity index (χ1n) is 7.87. The summed E-state index contributed by atoms with van der Waals surface area (Å²) in [4.78, 5) is 61.4. The number of hydrogen-bond acceptors (Lipinski definition) is 8. The van der Waals surface area contributed by atoms with Crippen molar-refractivity contribution in [3.63, 3.8) is 0 Å². The van der Waals surface area contributed by atoms with Crippen LogP contribution in [0, 0.1) is 0 Å². The summed E-state index contributed by atoms with van der Waals surface area (Å²) in [6.07, 6.45) is -0.619. The zero-order valence-electron chi connectivity index (χ0n) is 14.9. The molecule has 9 nitrogen and oxygen atoms in total. The van der Waals surface area contributed by atoms with Crippen LogP contribution in [0.1, 0.15) is 27.6 Å². The summed E-state index contributed by atoms with van der Waals surface area (Å²) in [5.74, 6) is -2.92. The first kappa shape index (κ1) is 20.4. The van der Waals surface area contributed by atoms with E-state index in [-0.39, 0.29) is 16.9 Å². The maximum absolute atomic E-state index is 12.6. The highest BCUT2D eigenvalue weighted by Crippen LogP contribution is 2.26. The van der Waals surface area contributed by atoms with Crippen molar-refractivity contribution in [2.24, 2.45) is 0 Å². The number of methoxy groups -OCH3 is 1. The summed E-state index contributed by atoms with van der Waals surface area (Å²) in [6.45, 7) is 1.26. The number of esters is 1. The number of carbonyl (C=O) groups is 5. The second kappa shape index (κ2) is 8.67. The number of nitrogens with zero attached hydrogens (tertiary/aromatic N) is 1. The molecule has 1 aliphatic rings. The van der Waals surface area contributed by atoms with E-state index in [4.69, 9.17) is 4.74 Å². The highest BCUT2D eigenvalue weighted by molar-refractivity contribution is 7.98. The Hall–Kier alpha value is -2.88. The third kappa shape index (κ3) is 4.27. The van der Waals surface area contributed by atoms with Gasteiger partial charge >= 0.3 is 12.1 Å². The Morgan fingerprint density at radius 2 is 1.70 bits per heavy atom. The van der Waals surface area contributed by atoms with E-state index in [9.17, 15) is 24.0 Å². The number of alkyl carbamates (subject to hydrolysis) is 1. The first-order valence-corrected chi connectivity index (χ1v) is 9.26. The number of amides is 4. The van der Waals surface area contributed by atoms with Gasteiger partial charge in [0.1, 0.15) is 6.04 Å². The summed E-state index contributed by atoms with van der Waals surface area (Å²) < 4.78 is 9.36. The topological polar surface area (TPSA) is 119 Å². The van der Waals surface area contributed by atoms with Gasteiger partial charge in [0.25, 0.3) is 17.7 Å². The van der Waals surface area contributed by atoms with Gasteiger partial charge in [-0.25, -0.2) is 9.59 Å². The maximum Gasteiger partial charge on any atom is 0.413 e. The number of nitrogens with one attached hydrogen (secondary N) is 1. The third-order valence-corrected chi connectivity index (χ3v) is 4.46. The summed E-state index contributed by atoms with van der Waals surface area (Å²) in [7, 11) is 1.08. The molecule has 1 aliphatic heterocycles. The molecule has 144 valence electrons. The van der Waals surface area contributed by atoms with Gasteiger partial charge in [-0.1, -0.05) is 12.1 Å². The van der Waals surface area contributed by atoms with Crippen molar-refractivity contribution < 1.29 is 33.4 Å². The molecule has 1 aromatic carbocycles. The highest BCUT2D eigenvalue weighted by atomic mass is 32.2. The lowest BCUT2D eigenvalue weighted by Crippen LogP contribution is -2.49. The summed E-state index contributed by atoms with van der Waals surface area (Å²) in [5, 5.41) is 1.88. The molecule has 0 unspecified atom stereocenters. The van der Waals surface area contributed by atoms with E-state index in [0.29, 0.717) is 0 Å². The minimum absolute atomic E-state index is 0.0929. The van der Waals surface area contributed by atoms with Gasteiger partial charge < -0.3 is 9.47 Å². The van der Waals surface area contributed by atoms with Crippen molar-refractivity contribution in [3.8, 4) is 0 Å². The molecule has 0 fully saturated rings. The summed E-state index contributed by atoms with van der Waals surface area (Å²) >= 11 is 1.24. The number of thioether (sulfide) groups is 1. The molecular weight excluding hydrogens is 376 g/mol. The van der Waals surface area contributed by atoms with Gasteiger partial charge in [-0.05, 0) is 25.3 Å². The largest absolute Gasteiger partial charge is 0.453 e. The fraction of sp³-hybridized carbons (Fsp3) is 0.353. The molecule has 27 heavy (non-hydrogen) atoms. The third-order valence-electron chi connectivity index (χ3n) is 3.81. The normalized spacial score (nSPS) is 15.0. The molecule has 0 aliphatic carbocycles. The van der Waals surface area contributed by atoms with Crippen molar-refractivity contribution in [2.45, 2.75) is 19.1 Å². The molecule has 2 atom stereocenters. The molecule has 0 bridgehead atoms. The van der Waals surface area contributed by atoms with Gasteiger partial charge in [-0.3, -0.25) is 24.6 Å². The monoisotopic (exact) mass is 394 g/mol. The van der Waals surface area contributed by atoms with E-state index in [0.717, 1.165) is 12.0 Å². The van der Waals surface area contributed by atoms with Crippen molar-refractivity contribution in [2.75, 3.05) is 19.1 Å². The van der Waals surface area contributed by atoms with E-state index in [1.807, 2.05) is 5.32 Å². The van der Waals surface area contributed by atoms with Gasteiger partial charge in [0.05, 0.1) is 18.2 Å². The lowest BCUT2D eigenvalue weighted by atomic mass is 10.1. The minimum Gasteiger partial charge on any atom is -0.453 e. The maximum atomic E-state index is 12.6.